The standard InChI is InChI=1S/C7H11N3O2.C4H8O3.C3H9N.C2H5NO/c1-8-6(7(11)12)2-5-3-9-4-10-5;1-2-3(5)4(6)7;1-4(2)3;1-2(3)4/h3-4,6,8H,2H2,1H3,(H,9,10)(H,11,12);3,5H,2H2,1H3,(H,6,7);1-3H3;1H3,(H2,3,4)/t6-;;;/m0.../s1. The predicted octanol–water partition coefficient (Wildman–Crippen LogP) is -0.864. The van der Waals surface area contributed by atoms with Crippen molar-refractivity contribution in [3.63, 3.8) is 0 Å². The number of primary amides is 1. The van der Waals surface area contributed by atoms with Gasteiger partial charge in [-0.3, -0.25) is 9.59 Å². The quantitative estimate of drug-likeness (QED) is 0.359. The molecule has 11 heteroatoms. The first-order valence-corrected chi connectivity index (χ1v) is 8.04. The van der Waals surface area contributed by atoms with Crippen LogP contribution in [0.15, 0.2) is 12.5 Å². The van der Waals surface area contributed by atoms with Crippen LogP contribution in [0.2, 0.25) is 0 Å². The molecule has 27 heavy (non-hydrogen) atoms. The van der Waals surface area contributed by atoms with E-state index in [-0.39, 0.29) is 12.3 Å². The molecule has 2 atom stereocenters. The molecule has 1 rings (SSSR count). The van der Waals surface area contributed by atoms with Crippen LogP contribution in [0.5, 0.6) is 0 Å². The summed E-state index contributed by atoms with van der Waals surface area (Å²) in [7, 11) is 7.62. The molecule has 0 aliphatic carbocycles. The number of carboxylic acid groups (broad SMARTS) is 2. The number of aromatic amines is 1. The summed E-state index contributed by atoms with van der Waals surface area (Å²) in [5, 5.41) is 27.6. The summed E-state index contributed by atoms with van der Waals surface area (Å²) in [6.07, 6.45) is 2.67. The molecule has 1 aromatic heterocycles. The number of aliphatic hydroxyl groups excluding tert-OH is 1. The largest absolute Gasteiger partial charge is 0.480 e. The molecule has 7 N–H and O–H groups in total. The number of aromatic nitrogens is 2. The lowest BCUT2D eigenvalue weighted by Crippen LogP contribution is -2.35. The Morgan fingerprint density at radius 3 is 1.89 bits per heavy atom. The number of carbonyl (C=O) groups is 3. The van der Waals surface area contributed by atoms with Crippen LogP contribution in [-0.2, 0) is 20.8 Å². The highest BCUT2D eigenvalue weighted by atomic mass is 16.4. The SMILES string of the molecule is CC(N)=O.CCC(O)C(=O)O.CN(C)C.CN[C@@H](Cc1cnc[nH]1)C(=O)O. The van der Waals surface area contributed by atoms with Gasteiger partial charge in [0, 0.05) is 25.2 Å². The maximum Gasteiger partial charge on any atom is 0.332 e. The van der Waals surface area contributed by atoms with Gasteiger partial charge in [0.25, 0.3) is 0 Å². The Morgan fingerprint density at radius 1 is 1.26 bits per heavy atom. The van der Waals surface area contributed by atoms with Gasteiger partial charge in [0.2, 0.25) is 5.91 Å². The Hall–Kier alpha value is -2.50. The highest BCUT2D eigenvalue weighted by Gasteiger charge is 2.15. The molecule has 1 heterocycles. The third kappa shape index (κ3) is 25.8. The molecule has 0 saturated heterocycles. The fourth-order valence-electron chi connectivity index (χ4n) is 1.10. The van der Waals surface area contributed by atoms with E-state index in [4.69, 9.17) is 15.3 Å². The number of amides is 1. The van der Waals surface area contributed by atoms with Crippen LogP contribution in [0.4, 0.5) is 0 Å². The molecule has 0 saturated carbocycles. The van der Waals surface area contributed by atoms with Crippen LogP contribution in [0.1, 0.15) is 26.0 Å². The van der Waals surface area contributed by atoms with Crippen LogP contribution in [0.3, 0.4) is 0 Å². The molecule has 0 fully saturated rings. The Morgan fingerprint density at radius 2 is 1.70 bits per heavy atom. The van der Waals surface area contributed by atoms with Gasteiger partial charge in [-0.15, -0.1) is 0 Å². The Kier molecular flexibility index (Phi) is 19.8. The van der Waals surface area contributed by atoms with Gasteiger partial charge in [-0.25, -0.2) is 9.78 Å². The van der Waals surface area contributed by atoms with E-state index in [0.717, 1.165) is 5.69 Å². The number of carboxylic acids is 2. The van der Waals surface area contributed by atoms with E-state index < -0.39 is 24.1 Å². The second-order valence-electron chi connectivity index (χ2n) is 5.68. The van der Waals surface area contributed by atoms with Crippen molar-refractivity contribution in [1.82, 2.24) is 20.2 Å². The molecule has 1 amide bonds. The monoisotopic (exact) mass is 391 g/mol. The number of hydrogen-bond donors (Lipinski definition) is 6. The summed E-state index contributed by atoms with van der Waals surface area (Å²) in [5.41, 5.74) is 5.29. The lowest BCUT2D eigenvalue weighted by atomic mass is 10.2. The minimum atomic E-state index is -1.18. The van der Waals surface area contributed by atoms with Crippen LogP contribution in [0.25, 0.3) is 0 Å². The second kappa shape index (κ2) is 18.3. The molecule has 0 aliphatic rings. The molecule has 158 valence electrons. The van der Waals surface area contributed by atoms with Crippen molar-refractivity contribution in [2.24, 2.45) is 5.73 Å². The van der Waals surface area contributed by atoms with E-state index in [0.29, 0.717) is 6.42 Å². The van der Waals surface area contributed by atoms with E-state index in [1.54, 1.807) is 20.2 Å². The molecule has 0 aromatic carbocycles. The number of nitrogens with two attached hydrogens (primary N) is 1. The molecule has 0 bridgehead atoms. The highest BCUT2D eigenvalue weighted by molar-refractivity contribution is 5.73. The zero-order valence-electron chi connectivity index (χ0n) is 16.8. The number of likely N-dealkylation sites (N-methyl/N-ethyl adjacent to an activating group) is 1. The van der Waals surface area contributed by atoms with Gasteiger partial charge in [-0.1, -0.05) is 6.92 Å². The molecule has 11 nitrogen and oxygen atoms in total. The zero-order valence-corrected chi connectivity index (χ0v) is 16.8. The van der Waals surface area contributed by atoms with Crippen molar-refractivity contribution in [3.05, 3.63) is 18.2 Å². The normalized spacial score (nSPS) is 11.4. The van der Waals surface area contributed by atoms with Crippen LogP contribution in [0, 0.1) is 0 Å². The summed E-state index contributed by atoms with van der Waals surface area (Å²) in [5.74, 6) is -2.34. The third-order valence-corrected chi connectivity index (χ3v) is 2.30. The van der Waals surface area contributed by atoms with Crippen LogP contribution in [-0.4, -0.2) is 88.4 Å². The fourth-order valence-corrected chi connectivity index (χ4v) is 1.10. The average Bonchev–Trinajstić information content (AvgIpc) is 3.04. The van der Waals surface area contributed by atoms with Gasteiger partial charge in [0.1, 0.15) is 6.04 Å². The number of nitrogens with one attached hydrogen (secondary N) is 2. The minimum absolute atomic E-state index is 0.273. The average molecular weight is 391 g/mol. The topological polar surface area (TPSA) is 182 Å². The molecule has 1 aromatic rings. The van der Waals surface area contributed by atoms with E-state index in [1.165, 1.54) is 13.3 Å². The summed E-state index contributed by atoms with van der Waals surface area (Å²) in [6, 6.07) is -0.551. The van der Waals surface area contributed by atoms with Crippen molar-refractivity contribution in [2.75, 3.05) is 28.2 Å². The van der Waals surface area contributed by atoms with Crippen molar-refractivity contribution < 1.29 is 29.7 Å². The maximum absolute atomic E-state index is 10.6. The molecule has 1 unspecified atom stereocenters. The van der Waals surface area contributed by atoms with E-state index in [1.807, 2.05) is 26.0 Å². The summed E-state index contributed by atoms with van der Waals surface area (Å²) in [6.45, 7) is 2.92. The number of rotatable bonds is 6. The third-order valence-electron chi connectivity index (χ3n) is 2.30. The van der Waals surface area contributed by atoms with Gasteiger partial charge in [-0.2, -0.15) is 0 Å². The Bertz CT molecular complexity index is 501. The summed E-state index contributed by atoms with van der Waals surface area (Å²) in [4.78, 5) is 38.1. The number of aliphatic carboxylic acids is 2. The number of nitrogens with zero attached hydrogens (tertiary/aromatic N) is 2. The van der Waals surface area contributed by atoms with E-state index >= 15 is 0 Å². The fraction of sp³-hybridized carbons (Fsp3) is 0.625. The molecular weight excluding hydrogens is 358 g/mol. The van der Waals surface area contributed by atoms with E-state index in [9.17, 15) is 14.4 Å². The van der Waals surface area contributed by atoms with Crippen LogP contribution < -0.4 is 11.1 Å². The first kappa shape index (κ1) is 29.3. The van der Waals surface area contributed by atoms with Gasteiger partial charge >= 0.3 is 11.9 Å². The number of hydrogen-bond acceptors (Lipinski definition) is 7. The van der Waals surface area contributed by atoms with Crippen molar-refractivity contribution in [3.8, 4) is 0 Å². The summed E-state index contributed by atoms with van der Waals surface area (Å²) < 4.78 is 0. The van der Waals surface area contributed by atoms with Gasteiger partial charge in [0.15, 0.2) is 6.10 Å². The number of aliphatic hydroxyl groups is 1. The Labute approximate surface area is 159 Å². The van der Waals surface area contributed by atoms with Crippen molar-refractivity contribution in [1.29, 1.82) is 0 Å². The van der Waals surface area contributed by atoms with Gasteiger partial charge in [0.05, 0.1) is 6.33 Å². The van der Waals surface area contributed by atoms with Gasteiger partial charge < -0.3 is 36.3 Å². The van der Waals surface area contributed by atoms with Gasteiger partial charge in [-0.05, 0) is 34.6 Å². The first-order chi connectivity index (χ1) is 12.4. The van der Waals surface area contributed by atoms with Crippen LogP contribution >= 0.6 is 0 Å². The van der Waals surface area contributed by atoms with Crippen molar-refractivity contribution >= 4 is 17.8 Å². The summed E-state index contributed by atoms with van der Waals surface area (Å²) >= 11 is 0. The lowest BCUT2D eigenvalue weighted by Gasteiger charge is -2.08. The van der Waals surface area contributed by atoms with E-state index in [2.05, 4.69) is 21.0 Å². The maximum atomic E-state index is 10.6. The molecule has 0 spiro atoms. The molecular formula is C16H33N5O6. The smallest absolute Gasteiger partial charge is 0.332 e. The highest BCUT2D eigenvalue weighted by Crippen LogP contribution is 1.97. The Balaban J connectivity index is -0.000000327. The minimum Gasteiger partial charge on any atom is -0.480 e. The number of carbonyl (C=O) groups excluding carboxylic acids is 1. The zero-order chi connectivity index (χ0) is 22.0. The lowest BCUT2D eigenvalue weighted by molar-refractivity contribution is -0.146. The predicted molar refractivity (Wildman–Crippen MR) is 101 cm³/mol. The molecule has 0 aliphatic heterocycles. The molecule has 0 radical (unpaired) electrons. The van der Waals surface area contributed by atoms with Crippen molar-refractivity contribution in [2.45, 2.75) is 38.8 Å². The number of imidazole rings is 1. The first-order valence-electron chi connectivity index (χ1n) is 8.04. The second-order valence-corrected chi connectivity index (χ2v) is 5.68. The number of H-pyrrole nitrogens is 1.